The number of nitrogens with one attached hydrogen (secondary N) is 1. The molecule has 6 heteroatoms. The lowest BCUT2D eigenvalue weighted by Gasteiger charge is -2.34. The summed E-state index contributed by atoms with van der Waals surface area (Å²) in [6.07, 6.45) is 6.10. The SMILES string of the molecule is CC(C)C1CCN(C(=O)NC[C@@H](c2cnn(C)c2)N(C)C)CC1. The fourth-order valence-corrected chi connectivity index (χ4v) is 3.28. The lowest BCUT2D eigenvalue weighted by Crippen LogP contribution is -2.46. The van der Waals surface area contributed by atoms with E-state index in [0.29, 0.717) is 12.5 Å². The first-order valence-electron chi connectivity index (χ1n) is 8.56. The maximum Gasteiger partial charge on any atom is 0.317 e. The average Bonchev–Trinajstić information content (AvgIpc) is 2.93. The number of likely N-dealkylation sites (tertiary alicyclic amines) is 1. The fourth-order valence-electron chi connectivity index (χ4n) is 3.28. The Morgan fingerprint density at radius 2 is 2.04 bits per heavy atom. The number of nitrogens with zero attached hydrogens (tertiary/aromatic N) is 4. The molecule has 1 atom stereocenters. The molecule has 0 radical (unpaired) electrons. The van der Waals surface area contributed by atoms with Crippen molar-refractivity contribution in [1.29, 1.82) is 0 Å². The van der Waals surface area contributed by atoms with Crippen LogP contribution >= 0.6 is 0 Å². The lowest BCUT2D eigenvalue weighted by atomic mass is 9.87. The van der Waals surface area contributed by atoms with Crippen LogP contribution < -0.4 is 5.32 Å². The molecular formula is C17H31N5O. The van der Waals surface area contributed by atoms with E-state index in [1.807, 2.05) is 38.4 Å². The Morgan fingerprint density at radius 1 is 1.39 bits per heavy atom. The van der Waals surface area contributed by atoms with Gasteiger partial charge < -0.3 is 15.1 Å². The first kappa shape index (κ1) is 17.8. The summed E-state index contributed by atoms with van der Waals surface area (Å²) in [6, 6.07) is 0.198. The normalized spacial score (nSPS) is 17.8. The summed E-state index contributed by atoms with van der Waals surface area (Å²) < 4.78 is 1.80. The van der Waals surface area contributed by atoms with Gasteiger partial charge in [0.2, 0.25) is 0 Å². The largest absolute Gasteiger partial charge is 0.336 e. The maximum atomic E-state index is 12.4. The number of rotatable bonds is 5. The summed E-state index contributed by atoms with van der Waals surface area (Å²) >= 11 is 0. The van der Waals surface area contributed by atoms with Gasteiger partial charge in [0.05, 0.1) is 12.2 Å². The zero-order chi connectivity index (χ0) is 17.0. The van der Waals surface area contributed by atoms with Crippen molar-refractivity contribution < 1.29 is 4.79 Å². The number of carbonyl (C=O) groups is 1. The average molecular weight is 321 g/mol. The molecule has 6 nitrogen and oxygen atoms in total. The Kier molecular flexibility index (Phi) is 6.04. The van der Waals surface area contributed by atoms with Gasteiger partial charge in [0.25, 0.3) is 0 Å². The van der Waals surface area contributed by atoms with Crippen molar-refractivity contribution in [3.8, 4) is 0 Å². The van der Waals surface area contributed by atoms with Crippen LogP contribution in [0.3, 0.4) is 0 Å². The van der Waals surface area contributed by atoms with E-state index in [2.05, 4.69) is 29.2 Å². The number of aryl methyl sites for hydroxylation is 1. The summed E-state index contributed by atoms with van der Waals surface area (Å²) in [5.74, 6) is 1.47. The summed E-state index contributed by atoms with van der Waals surface area (Å²) in [5, 5.41) is 7.32. The summed E-state index contributed by atoms with van der Waals surface area (Å²) in [6.45, 7) is 6.88. The third-order valence-electron chi connectivity index (χ3n) is 4.95. The molecule has 0 aromatic carbocycles. The molecule has 1 aliphatic rings. The van der Waals surface area contributed by atoms with Gasteiger partial charge in [0.15, 0.2) is 0 Å². The van der Waals surface area contributed by atoms with E-state index < -0.39 is 0 Å². The smallest absolute Gasteiger partial charge is 0.317 e. The van der Waals surface area contributed by atoms with Gasteiger partial charge in [0.1, 0.15) is 0 Å². The second kappa shape index (κ2) is 7.81. The predicted molar refractivity (Wildman–Crippen MR) is 92.2 cm³/mol. The molecule has 0 saturated carbocycles. The zero-order valence-electron chi connectivity index (χ0n) is 15.1. The number of likely N-dealkylation sites (N-methyl/N-ethyl adjacent to an activating group) is 1. The number of carbonyl (C=O) groups excluding carboxylic acids is 1. The summed E-state index contributed by atoms with van der Waals surface area (Å²) in [4.78, 5) is 16.5. The summed E-state index contributed by atoms with van der Waals surface area (Å²) in [7, 11) is 5.96. The molecule has 2 heterocycles. The molecule has 1 fully saturated rings. The quantitative estimate of drug-likeness (QED) is 0.903. The second-order valence-electron chi connectivity index (χ2n) is 7.18. The molecule has 1 aliphatic heterocycles. The van der Waals surface area contributed by atoms with Gasteiger partial charge in [-0.1, -0.05) is 13.8 Å². The molecule has 0 aliphatic carbocycles. The van der Waals surface area contributed by atoms with E-state index in [4.69, 9.17) is 0 Å². The topological polar surface area (TPSA) is 53.4 Å². The van der Waals surface area contributed by atoms with Gasteiger partial charge in [-0.3, -0.25) is 4.68 Å². The Hall–Kier alpha value is -1.56. The molecule has 0 unspecified atom stereocenters. The number of amides is 2. The van der Waals surface area contributed by atoms with Gasteiger partial charge in [-0.05, 0) is 38.8 Å². The number of urea groups is 1. The molecular weight excluding hydrogens is 290 g/mol. The molecule has 1 aromatic rings. The number of piperidine rings is 1. The summed E-state index contributed by atoms with van der Waals surface area (Å²) in [5.41, 5.74) is 1.12. The predicted octanol–water partition coefficient (Wildman–Crippen LogP) is 2.10. The van der Waals surface area contributed by atoms with Crippen LogP contribution in [0.2, 0.25) is 0 Å². The van der Waals surface area contributed by atoms with Crippen molar-refractivity contribution in [2.24, 2.45) is 18.9 Å². The van der Waals surface area contributed by atoms with Crippen molar-refractivity contribution >= 4 is 6.03 Å². The van der Waals surface area contributed by atoms with Crippen LogP contribution in [0.5, 0.6) is 0 Å². The Morgan fingerprint density at radius 3 is 2.52 bits per heavy atom. The monoisotopic (exact) mass is 321 g/mol. The first-order chi connectivity index (χ1) is 10.9. The zero-order valence-corrected chi connectivity index (χ0v) is 15.1. The van der Waals surface area contributed by atoms with Crippen molar-refractivity contribution in [2.75, 3.05) is 33.7 Å². The van der Waals surface area contributed by atoms with E-state index in [0.717, 1.165) is 37.4 Å². The fraction of sp³-hybridized carbons (Fsp3) is 0.765. The lowest BCUT2D eigenvalue weighted by molar-refractivity contribution is 0.154. The molecule has 1 saturated heterocycles. The Bertz CT molecular complexity index is 503. The minimum Gasteiger partial charge on any atom is -0.336 e. The van der Waals surface area contributed by atoms with Crippen molar-refractivity contribution in [2.45, 2.75) is 32.7 Å². The van der Waals surface area contributed by atoms with Gasteiger partial charge in [-0.15, -0.1) is 0 Å². The second-order valence-corrected chi connectivity index (χ2v) is 7.18. The molecule has 2 amide bonds. The van der Waals surface area contributed by atoms with Crippen molar-refractivity contribution in [3.05, 3.63) is 18.0 Å². The molecule has 2 rings (SSSR count). The third-order valence-corrected chi connectivity index (χ3v) is 4.95. The van der Waals surface area contributed by atoms with E-state index in [9.17, 15) is 4.79 Å². The standard InChI is InChI=1S/C17H31N5O/c1-13(2)14-6-8-22(9-7-14)17(23)18-11-16(20(3)4)15-10-19-21(5)12-15/h10,12-14,16H,6-9,11H2,1-5H3,(H,18,23)/t16-/m0/s1. The highest BCUT2D eigenvalue weighted by Crippen LogP contribution is 2.24. The van der Waals surface area contributed by atoms with Crippen LogP contribution in [-0.4, -0.2) is 59.3 Å². The van der Waals surface area contributed by atoms with Gasteiger partial charge >= 0.3 is 6.03 Å². The first-order valence-corrected chi connectivity index (χ1v) is 8.56. The van der Waals surface area contributed by atoms with Crippen molar-refractivity contribution in [1.82, 2.24) is 24.9 Å². The van der Waals surface area contributed by atoms with Crippen LogP contribution in [-0.2, 0) is 7.05 Å². The van der Waals surface area contributed by atoms with Gasteiger partial charge in [-0.2, -0.15) is 5.10 Å². The Labute approximate surface area is 139 Å². The molecule has 0 bridgehead atoms. The van der Waals surface area contributed by atoms with E-state index in [1.54, 1.807) is 4.68 Å². The van der Waals surface area contributed by atoms with Crippen LogP contribution in [0, 0.1) is 11.8 Å². The van der Waals surface area contributed by atoms with Crippen LogP contribution in [0.4, 0.5) is 4.79 Å². The molecule has 130 valence electrons. The van der Waals surface area contributed by atoms with E-state index >= 15 is 0 Å². The van der Waals surface area contributed by atoms with Gasteiger partial charge in [0, 0.05) is 38.4 Å². The molecule has 1 aromatic heterocycles. The number of aromatic nitrogens is 2. The highest BCUT2D eigenvalue weighted by atomic mass is 16.2. The molecule has 1 N–H and O–H groups in total. The van der Waals surface area contributed by atoms with Crippen LogP contribution in [0.15, 0.2) is 12.4 Å². The highest BCUT2D eigenvalue weighted by molar-refractivity contribution is 5.74. The highest BCUT2D eigenvalue weighted by Gasteiger charge is 2.25. The maximum absolute atomic E-state index is 12.4. The van der Waals surface area contributed by atoms with Crippen molar-refractivity contribution in [3.63, 3.8) is 0 Å². The van der Waals surface area contributed by atoms with E-state index in [1.165, 1.54) is 0 Å². The van der Waals surface area contributed by atoms with E-state index in [-0.39, 0.29) is 12.1 Å². The number of hydrogen-bond acceptors (Lipinski definition) is 3. The van der Waals surface area contributed by atoms with Gasteiger partial charge in [-0.25, -0.2) is 4.79 Å². The third kappa shape index (κ3) is 4.70. The number of hydrogen-bond donors (Lipinski definition) is 1. The Balaban J connectivity index is 1.85. The minimum absolute atomic E-state index is 0.0583. The molecule has 23 heavy (non-hydrogen) atoms. The van der Waals surface area contributed by atoms with Crippen LogP contribution in [0.1, 0.15) is 38.3 Å². The van der Waals surface area contributed by atoms with Crippen LogP contribution in [0.25, 0.3) is 0 Å². The minimum atomic E-state index is 0.0583. The molecule has 0 spiro atoms.